The number of fused-ring (bicyclic) bond motifs is 2. The molecule has 0 unspecified atom stereocenters. The largest absolute Gasteiger partial charge is 0.378 e. The highest BCUT2D eigenvalue weighted by molar-refractivity contribution is 6.02. The molecule has 1 atom stereocenters. The maximum absolute atomic E-state index is 13.3. The number of amides is 2. The minimum Gasteiger partial charge on any atom is -0.378 e. The van der Waals surface area contributed by atoms with Crippen LogP contribution in [0.3, 0.4) is 0 Å². The van der Waals surface area contributed by atoms with Crippen molar-refractivity contribution >= 4 is 22.7 Å². The van der Waals surface area contributed by atoms with Gasteiger partial charge in [0, 0.05) is 48.4 Å². The number of aromatic nitrogens is 1. The fourth-order valence-electron chi connectivity index (χ4n) is 4.52. The molecule has 2 amide bonds. The third-order valence-corrected chi connectivity index (χ3v) is 5.95. The van der Waals surface area contributed by atoms with Crippen molar-refractivity contribution in [2.24, 2.45) is 7.05 Å². The van der Waals surface area contributed by atoms with E-state index in [0.717, 1.165) is 22.0 Å². The van der Waals surface area contributed by atoms with E-state index in [0.29, 0.717) is 31.9 Å². The van der Waals surface area contributed by atoms with Gasteiger partial charge in [-0.3, -0.25) is 9.59 Å². The summed E-state index contributed by atoms with van der Waals surface area (Å²) in [5.41, 5.74) is 3.80. The SMILES string of the molecule is Cn1cc([C@@H]2c3ccccc3C(=O)N2CC(=O)N2CCOCC2)c2ccccc21. The van der Waals surface area contributed by atoms with Crippen LogP contribution in [-0.2, 0) is 16.6 Å². The van der Waals surface area contributed by atoms with E-state index in [2.05, 4.69) is 22.9 Å². The number of carbonyl (C=O) groups excluding carboxylic acids is 2. The number of nitrogens with zero attached hydrogens (tertiary/aromatic N) is 3. The lowest BCUT2D eigenvalue weighted by molar-refractivity contribution is -0.136. The van der Waals surface area contributed by atoms with Crippen LogP contribution in [-0.4, -0.2) is 59.0 Å². The Bertz CT molecular complexity index is 1100. The number of hydrogen-bond acceptors (Lipinski definition) is 3. The zero-order valence-corrected chi connectivity index (χ0v) is 16.4. The van der Waals surface area contributed by atoms with Crippen LogP contribution < -0.4 is 0 Å². The second-order valence-corrected chi connectivity index (χ2v) is 7.63. The summed E-state index contributed by atoms with van der Waals surface area (Å²) >= 11 is 0. The molecule has 2 aromatic carbocycles. The Hall–Kier alpha value is -3.12. The number of carbonyl (C=O) groups is 2. The van der Waals surface area contributed by atoms with Gasteiger partial charge in [-0.05, 0) is 17.7 Å². The topological polar surface area (TPSA) is 54.8 Å². The molecule has 1 fully saturated rings. The number of benzene rings is 2. The highest BCUT2D eigenvalue weighted by Crippen LogP contribution is 2.41. The number of ether oxygens (including phenoxy) is 1. The first kappa shape index (κ1) is 17.9. The van der Waals surface area contributed by atoms with Gasteiger partial charge in [-0.2, -0.15) is 0 Å². The Labute approximate surface area is 169 Å². The monoisotopic (exact) mass is 389 g/mol. The lowest BCUT2D eigenvalue weighted by Gasteiger charge is -2.31. The zero-order valence-electron chi connectivity index (χ0n) is 16.4. The Kier molecular flexibility index (Phi) is 4.36. The Morgan fingerprint density at radius 3 is 2.59 bits per heavy atom. The molecule has 2 aliphatic rings. The van der Waals surface area contributed by atoms with Crippen molar-refractivity contribution in [3.8, 4) is 0 Å². The van der Waals surface area contributed by atoms with Crippen LogP contribution in [0.15, 0.2) is 54.7 Å². The summed E-state index contributed by atoms with van der Waals surface area (Å²) in [7, 11) is 2.01. The van der Waals surface area contributed by atoms with Crippen molar-refractivity contribution in [2.45, 2.75) is 6.04 Å². The van der Waals surface area contributed by atoms with E-state index in [1.165, 1.54) is 0 Å². The van der Waals surface area contributed by atoms with Gasteiger partial charge >= 0.3 is 0 Å². The van der Waals surface area contributed by atoms with Crippen molar-refractivity contribution in [1.29, 1.82) is 0 Å². The maximum Gasteiger partial charge on any atom is 0.255 e. The third-order valence-electron chi connectivity index (χ3n) is 5.95. The quantitative estimate of drug-likeness (QED) is 0.692. The second kappa shape index (κ2) is 7.04. The number of hydrogen-bond donors (Lipinski definition) is 0. The van der Waals surface area contributed by atoms with E-state index in [1.807, 2.05) is 43.4 Å². The highest BCUT2D eigenvalue weighted by atomic mass is 16.5. The average Bonchev–Trinajstić information content (AvgIpc) is 3.23. The fourth-order valence-corrected chi connectivity index (χ4v) is 4.52. The summed E-state index contributed by atoms with van der Waals surface area (Å²) in [6.07, 6.45) is 2.08. The van der Waals surface area contributed by atoms with Gasteiger partial charge in [-0.1, -0.05) is 36.4 Å². The van der Waals surface area contributed by atoms with E-state index >= 15 is 0 Å². The molecule has 0 aliphatic carbocycles. The third kappa shape index (κ3) is 2.91. The molecular weight excluding hydrogens is 366 g/mol. The highest BCUT2D eigenvalue weighted by Gasteiger charge is 2.40. The predicted octanol–water partition coefficient (Wildman–Crippen LogP) is 2.58. The minimum atomic E-state index is -0.269. The molecule has 0 saturated carbocycles. The van der Waals surface area contributed by atoms with E-state index in [-0.39, 0.29) is 24.4 Å². The molecule has 0 radical (unpaired) electrons. The summed E-state index contributed by atoms with van der Waals surface area (Å²) in [4.78, 5) is 29.8. The maximum atomic E-state index is 13.3. The molecule has 0 spiro atoms. The average molecular weight is 389 g/mol. The molecule has 29 heavy (non-hydrogen) atoms. The van der Waals surface area contributed by atoms with Crippen molar-refractivity contribution in [1.82, 2.24) is 14.4 Å². The van der Waals surface area contributed by atoms with E-state index in [1.54, 1.807) is 9.80 Å². The van der Waals surface area contributed by atoms with E-state index in [4.69, 9.17) is 4.74 Å². The Morgan fingerprint density at radius 2 is 1.76 bits per heavy atom. The number of morpholine rings is 1. The van der Waals surface area contributed by atoms with Gasteiger partial charge < -0.3 is 19.1 Å². The lowest BCUT2D eigenvalue weighted by atomic mass is 9.97. The van der Waals surface area contributed by atoms with Crippen LogP contribution in [0.2, 0.25) is 0 Å². The molecule has 3 heterocycles. The van der Waals surface area contributed by atoms with Crippen LogP contribution in [0.4, 0.5) is 0 Å². The van der Waals surface area contributed by atoms with Gasteiger partial charge in [0.2, 0.25) is 5.91 Å². The van der Waals surface area contributed by atoms with Gasteiger partial charge in [0.15, 0.2) is 0 Å². The molecule has 148 valence electrons. The summed E-state index contributed by atoms with van der Waals surface area (Å²) in [5.74, 6) is -0.111. The number of para-hydroxylation sites is 1. The fraction of sp³-hybridized carbons (Fsp3) is 0.304. The van der Waals surface area contributed by atoms with E-state index < -0.39 is 0 Å². The van der Waals surface area contributed by atoms with Crippen molar-refractivity contribution in [3.63, 3.8) is 0 Å². The Morgan fingerprint density at radius 1 is 1.03 bits per heavy atom. The van der Waals surface area contributed by atoms with Crippen LogP contribution in [0.1, 0.15) is 27.5 Å². The molecule has 1 saturated heterocycles. The normalized spacial score (nSPS) is 19.1. The Balaban J connectivity index is 1.58. The second-order valence-electron chi connectivity index (χ2n) is 7.63. The van der Waals surface area contributed by atoms with Crippen LogP contribution in [0.5, 0.6) is 0 Å². The van der Waals surface area contributed by atoms with Crippen molar-refractivity contribution in [3.05, 3.63) is 71.4 Å². The van der Waals surface area contributed by atoms with Gasteiger partial charge in [0.05, 0.1) is 19.3 Å². The summed E-state index contributed by atoms with van der Waals surface area (Å²) in [6.45, 7) is 2.32. The van der Waals surface area contributed by atoms with Crippen molar-refractivity contribution in [2.75, 3.05) is 32.8 Å². The molecule has 2 aliphatic heterocycles. The molecular formula is C23H23N3O3. The predicted molar refractivity (Wildman–Crippen MR) is 110 cm³/mol. The molecule has 0 bridgehead atoms. The standard InChI is InChI=1S/C23H23N3O3/c1-24-14-19(16-6-4-5-9-20(16)24)22-17-7-2-3-8-18(17)23(28)26(22)15-21(27)25-10-12-29-13-11-25/h2-9,14,22H,10-13,15H2,1H3/t22-/m0/s1. The van der Waals surface area contributed by atoms with Gasteiger partial charge in [-0.25, -0.2) is 0 Å². The van der Waals surface area contributed by atoms with Gasteiger partial charge in [0.25, 0.3) is 5.91 Å². The smallest absolute Gasteiger partial charge is 0.255 e. The summed E-state index contributed by atoms with van der Waals surface area (Å²) < 4.78 is 7.44. The lowest BCUT2D eigenvalue weighted by Crippen LogP contribution is -2.46. The number of rotatable bonds is 3. The van der Waals surface area contributed by atoms with Crippen LogP contribution in [0.25, 0.3) is 10.9 Å². The van der Waals surface area contributed by atoms with Crippen molar-refractivity contribution < 1.29 is 14.3 Å². The molecule has 1 aromatic heterocycles. The minimum absolute atomic E-state index is 0.0281. The van der Waals surface area contributed by atoms with Crippen LogP contribution in [0, 0.1) is 0 Å². The van der Waals surface area contributed by atoms with E-state index in [9.17, 15) is 9.59 Å². The molecule has 0 N–H and O–H groups in total. The molecule has 6 heteroatoms. The zero-order chi connectivity index (χ0) is 20.0. The first-order chi connectivity index (χ1) is 14.1. The molecule has 5 rings (SSSR count). The summed E-state index contributed by atoms with van der Waals surface area (Å²) in [6, 6.07) is 15.6. The first-order valence-corrected chi connectivity index (χ1v) is 9.94. The summed E-state index contributed by atoms with van der Waals surface area (Å²) in [5, 5.41) is 1.10. The van der Waals surface area contributed by atoms with Gasteiger partial charge in [-0.15, -0.1) is 0 Å². The first-order valence-electron chi connectivity index (χ1n) is 9.94. The molecule has 6 nitrogen and oxygen atoms in total. The number of aryl methyl sites for hydroxylation is 1. The van der Waals surface area contributed by atoms with Gasteiger partial charge in [0.1, 0.15) is 6.54 Å². The molecule has 3 aromatic rings. The van der Waals surface area contributed by atoms with Crippen LogP contribution >= 0.6 is 0 Å².